The molecule has 0 bridgehead atoms. The van der Waals surface area contributed by atoms with E-state index >= 15 is 0 Å². The Morgan fingerprint density at radius 2 is 2.13 bits per heavy atom. The zero-order chi connectivity index (χ0) is 16.4. The Balaban J connectivity index is 1.90. The number of hydrogen-bond acceptors (Lipinski definition) is 5. The summed E-state index contributed by atoms with van der Waals surface area (Å²) in [6, 6.07) is 5.75. The van der Waals surface area contributed by atoms with Gasteiger partial charge in [0.05, 0.1) is 5.69 Å². The predicted octanol–water partition coefficient (Wildman–Crippen LogP) is 2.77. The minimum absolute atomic E-state index is 0.203. The maximum Gasteiger partial charge on any atom is 0.263 e. The van der Waals surface area contributed by atoms with Gasteiger partial charge >= 0.3 is 0 Å². The van der Waals surface area contributed by atoms with Crippen LogP contribution >= 0.6 is 15.9 Å². The smallest absolute Gasteiger partial charge is 0.263 e. The first-order chi connectivity index (χ1) is 11.0. The molecule has 2 heterocycles. The first-order valence-electron chi connectivity index (χ1n) is 7.49. The van der Waals surface area contributed by atoms with Crippen molar-refractivity contribution in [3.05, 3.63) is 44.2 Å². The van der Waals surface area contributed by atoms with E-state index in [1.807, 2.05) is 30.0 Å². The van der Waals surface area contributed by atoms with Gasteiger partial charge in [0.1, 0.15) is 11.4 Å². The summed E-state index contributed by atoms with van der Waals surface area (Å²) in [4.78, 5) is 25.8. The Hall–Kier alpha value is -2.15. The molecule has 0 aliphatic carbocycles. The van der Waals surface area contributed by atoms with Gasteiger partial charge in [-0.05, 0) is 43.5 Å². The molecule has 0 amide bonds. The minimum Gasteiger partial charge on any atom is -0.383 e. The monoisotopic (exact) mass is 375 g/mol. The van der Waals surface area contributed by atoms with Crippen molar-refractivity contribution in [1.82, 2.24) is 9.97 Å². The highest BCUT2D eigenvalue weighted by atomic mass is 79.9. The molecule has 1 aliphatic heterocycles. The number of anilines is 2. The number of aliphatic imine (C=N–C) groups is 1. The minimum atomic E-state index is -0.266. The van der Waals surface area contributed by atoms with Crippen LogP contribution in [-0.2, 0) is 0 Å². The summed E-state index contributed by atoms with van der Waals surface area (Å²) in [5, 5.41) is 0. The van der Waals surface area contributed by atoms with E-state index in [2.05, 4.69) is 30.9 Å². The first-order valence-corrected chi connectivity index (χ1v) is 8.29. The van der Waals surface area contributed by atoms with E-state index in [9.17, 15) is 4.79 Å². The van der Waals surface area contributed by atoms with Crippen molar-refractivity contribution in [1.29, 1.82) is 0 Å². The van der Waals surface area contributed by atoms with E-state index in [-0.39, 0.29) is 16.9 Å². The fourth-order valence-electron chi connectivity index (χ4n) is 2.59. The molecule has 6 nitrogen and oxygen atoms in total. The number of benzene rings is 1. The largest absolute Gasteiger partial charge is 0.383 e. The summed E-state index contributed by atoms with van der Waals surface area (Å²) >= 11 is 3.41. The van der Waals surface area contributed by atoms with Gasteiger partial charge in [0.25, 0.3) is 5.56 Å². The van der Waals surface area contributed by atoms with Crippen LogP contribution in [-0.4, -0.2) is 29.3 Å². The van der Waals surface area contributed by atoms with Crippen LogP contribution in [0.2, 0.25) is 0 Å². The van der Waals surface area contributed by atoms with Crippen molar-refractivity contribution < 1.29 is 0 Å². The maximum atomic E-state index is 12.3. The van der Waals surface area contributed by atoms with E-state index in [1.54, 1.807) is 0 Å². The second kappa shape index (κ2) is 6.54. The van der Waals surface area contributed by atoms with E-state index in [1.165, 1.54) is 6.21 Å². The molecule has 23 heavy (non-hydrogen) atoms. The van der Waals surface area contributed by atoms with E-state index < -0.39 is 0 Å². The van der Waals surface area contributed by atoms with Crippen LogP contribution in [0.15, 0.2) is 32.5 Å². The van der Waals surface area contributed by atoms with Gasteiger partial charge in [-0.25, -0.2) is 0 Å². The number of nitrogens with one attached hydrogen (secondary N) is 1. The molecule has 0 saturated carbocycles. The number of nitrogens with zero attached hydrogens (tertiary/aromatic N) is 3. The van der Waals surface area contributed by atoms with Gasteiger partial charge in [0, 0.05) is 23.8 Å². The predicted molar refractivity (Wildman–Crippen MR) is 96.9 cm³/mol. The number of rotatable bonds is 3. The van der Waals surface area contributed by atoms with Crippen LogP contribution < -0.4 is 16.2 Å². The SMILES string of the molecule is Cc1cc(Br)ccc1N=Cc1c(N)nc(N2CCCC2)[nH]c1=O. The Morgan fingerprint density at radius 1 is 1.39 bits per heavy atom. The van der Waals surface area contributed by atoms with Crippen molar-refractivity contribution >= 4 is 39.6 Å². The average molecular weight is 376 g/mol. The summed E-state index contributed by atoms with van der Waals surface area (Å²) < 4.78 is 0.989. The van der Waals surface area contributed by atoms with Crippen molar-refractivity contribution in [2.45, 2.75) is 19.8 Å². The van der Waals surface area contributed by atoms with Gasteiger partial charge < -0.3 is 10.6 Å². The topological polar surface area (TPSA) is 87.4 Å². The van der Waals surface area contributed by atoms with Gasteiger partial charge in [0.15, 0.2) is 0 Å². The van der Waals surface area contributed by atoms with E-state index in [0.717, 1.165) is 41.7 Å². The van der Waals surface area contributed by atoms with Crippen LogP contribution in [0.3, 0.4) is 0 Å². The Labute approximate surface area is 142 Å². The standard InChI is InChI=1S/C16H18BrN5O/c1-10-8-11(17)4-5-13(10)19-9-12-14(18)20-16(21-15(12)23)22-6-2-3-7-22/h4-5,8-9H,2-3,6-7H2,1H3,(H3,18,20,21,23). The molecule has 7 heteroatoms. The first kappa shape index (κ1) is 15.7. The quantitative estimate of drug-likeness (QED) is 0.807. The molecule has 1 aliphatic rings. The lowest BCUT2D eigenvalue weighted by Gasteiger charge is -2.16. The number of aromatic amines is 1. The Morgan fingerprint density at radius 3 is 2.78 bits per heavy atom. The lowest BCUT2D eigenvalue weighted by molar-refractivity contribution is 0.892. The van der Waals surface area contributed by atoms with Crippen LogP contribution in [0, 0.1) is 6.92 Å². The highest BCUT2D eigenvalue weighted by molar-refractivity contribution is 9.10. The molecule has 1 fully saturated rings. The third-order valence-corrected chi connectivity index (χ3v) is 4.36. The lowest BCUT2D eigenvalue weighted by Crippen LogP contribution is -2.26. The fourth-order valence-corrected chi connectivity index (χ4v) is 3.06. The van der Waals surface area contributed by atoms with E-state index in [4.69, 9.17) is 5.73 Å². The summed E-state index contributed by atoms with van der Waals surface area (Å²) in [7, 11) is 0. The molecule has 0 radical (unpaired) electrons. The Kier molecular flexibility index (Phi) is 4.47. The molecule has 3 rings (SSSR count). The summed E-state index contributed by atoms with van der Waals surface area (Å²) in [6.07, 6.45) is 3.69. The van der Waals surface area contributed by atoms with Gasteiger partial charge in [-0.2, -0.15) is 4.98 Å². The highest BCUT2D eigenvalue weighted by Gasteiger charge is 2.16. The molecule has 1 aromatic carbocycles. The third-order valence-electron chi connectivity index (χ3n) is 3.87. The van der Waals surface area contributed by atoms with Gasteiger partial charge in [0.2, 0.25) is 5.95 Å². The third kappa shape index (κ3) is 3.44. The number of nitrogen functional groups attached to an aromatic ring is 1. The number of nitrogens with two attached hydrogens (primary N) is 1. The van der Waals surface area contributed by atoms with Gasteiger partial charge in [-0.3, -0.25) is 14.8 Å². The molecule has 0 atom stereocenters. The zero-order valence-corrected chi connectivity index (χ0v) is 14.4. The van der Waals surface area contributed by atoms with Crippen LogP contribution in [0.4, 0.5) is 17.5 Å². The number of halogens is 1. The maximum absolute atomic E-state index is 12.3. The Bertz CT molecular complexity index is 809. The molecule has 120 valence electrons. The number of H-pyrrole nitrogens is 1. The van der Waals surface area contributed by atoms with Gasteiger partial charge in [-0.15, -0.1) is 0 Å². The second-order valence-corrected chi connectivity index (χ2v) is 6.49. The molecule has 1 aromatic heterocycles. The van der Waals surface area contributed by atoms with Crippen molar-refractivity contribution in [3.63, 3.8) is 0 Å². The van der Waals surface area contributed by atoms with Crippen LogP contribution in [0.1, 0.15) is 24.0 Å². The normalized spacial score (nSPS) is 14.8. The summed E-state index contributed by atoms with van der Waals surface area (Å²) in [5.74, 6) is 0.746. The zero-order valence-electron chi connectivity index (χ0n) is 12.8. The number of hydrogen-bond donors (Lipinski definition) is 2. The second-order valence-electron chi connectivity index (χ2n) is 5.57. The summed E-state index contributed by atoms with van der Waals surface area (Å²) in [6.45, 7) is 3.75. The molecule has 0 unspecified atom stereocenters. The molecular weight excluding hydrogens is 358 g/mol. The summed E-state index contributed by atoms with van der Waals surface area (Å²) in [5.41, 5.74) is 7.78. The lowest BCUT2D eigenvalue weighted by atomic mass is 10.2. The molecular formula is C16H18BrN5O. The molecule has 3 N–H and O–H groups in total. The van der Waals surface area contributed by atoms with Crippen molar-refractivity contribution in [2.75, 3.05) is 23.7 Å². The number of aryl methyl sites for hydroxylation is 1. The molecule has 0 spiro atoms. The van der Waals surface area contributed by atoms with Gasteiger partial charge in [-0.1, -0.05) is 15.9 Å². The average Bonchev–Trinajstić information content (AvgIpc) is 3.02. The molecule has 2 aromatic rings. The van der Waals surface area contributed by atoms with Crippen LogP contribution in [0.25, 0.3) is 0 Å². The van der Waals surface area contributed by atoms with E-state index in [0.29, 0.717) is 5.95 Å². The highest BCUT2D eigenvalue weighted by Crippen LogP contribution is 2.23. The number of aromatic nitrogens is 2. The fraction of sp³-hybridized carbons (Fsp3) is 0.312. The van der Waals surface area contributed by atoms with Crippen LogP contribution in [0.5, 0.6) is 0 Å². The van der Waals surface area contributed by atoms with Crippen molar-refractivity contribution in [2.24, 2.45) is 4.99 Å². The molecule has 1 saturated heterocycles. The van der Waals surface area contributed by atoms with Crippen molar-refractivity contribution in [3.8, 4) is 0 Å².